The Labute approximate surface area is 64.7 Å². The highest BCUT2D eigenvalue weighted by Crippen LogP contribution is 2.08. The van der Waals surface area contributed by atoms with Crippen molar-refractivity contribution in [2.45, 2.75) is 19.0 Å². The highest BCUT2D eigenvalue weighted by atomic mass is 32.2. The molecule has 1 amide bonds. The van der Waals surface area contributed by atoms with Crippen LogP contribution in [0.1, 0.15) is 6.92 Å². The van der Waals surface area contributed by atoms with E-state index in [2.05, 4.69) is 5.32 Å². The summed E-state index contributed by atoms with van der Waals surface area (Å²) in [4.78, 5) is 11.0. The van der Waals surface area contributed by atoms with E-state index >= 15 is 0 Å². The van der Waals surface area contributed by atoms with Crippen LogP contribution in [0.2, 0.25) is 0 Å². The second-order valence-corrected chi connectivity index (χ2v) is 3.63. The van der Waals surface area contributed by atoms with Crippen LogP contribution in [-0.2, 0) is 4.79 Å². The molecule has 1 fully saturated rings. The topological polar surface area (TPSA) is 55.1 Å². The van der Waals surface area contributed by atoms with Gasteiger partial charge in [0, 0.05) is 17.5 Å². The molecule has 0 unspecified atom stereocenters. The highest BCUT2D eigenvalue weighted by molar-refractivity contribution is 7.99. The van der Waals surface area contributed by atoms with E-state index in [9.17, 15) is 4.79 Å². The van der Waals surface area contributed by atoms with E-state index in [1.54, 1.807) is 11.8 Å². The van der Waals surface area contributed by atoms with Crippen LogP contribution < -0.4 is 11.1 Å². The van der Waals surface area contributed by atoms with Crippen LogP contribution in [0.25, 0.3) is 0 Å². The molecule has 10 heavy (non-hydrogen) atoms. The number of rotatable bonds is 0. The van der Waals surface area contributed by atoms with E-state index in [0.29, 0.717) is 0 Å². The van der Waals surface area contributed by atoms with Gasteiger partial charge in [-0.2, -0.15) is 11.8 Å². The van der Waals surface area contributed by atoms with Crippen LogP contribution in [0.5, 0.6) is 0 Å². The van der Waals surface area contributed by atoms with E-state index in [1.807, 2.05) is 6.92 Å². The molecule has 0 saturated carbocycles. The summed E-state index contributed by atoms with van der Waals surface area (Å²) >= 11 is 1.73. The molecular formula is C6H12N2OS. The second-order valence-electron chi connectivity index (χ2n) is 2.55. The van der Waals surface area contributed by atoms with Crippen LogP contribution in [0, 0.1) is 0 Å². The zero-order valence-electron chi connectivity index (χ0n) is 5.96. The zero-order valence-corrected chi connectivity index (χ0v) is 6.78. The summed E-state index contributed by atoms with van der Waals surface area (Å²) in [6.45, 7) is 1.99. The van der Waals surface area contributed by atoms with Gasteiger partial charge in [0.05, 0.1) is 6.04 Å². The summed E-state index contributed by atoms with van der Waals surface area (Å²) in [6, 6.07) is -0.0407. The number of nitrogens with one attached hydrogen (secondary N) is 1. The number of carbonyl (C=O) groups is 1. The van der Waals surface area contributed by atoms with Gasteiger partial charge in [0.2, 0.25) is 5.91 Å². The van der Waals surface area contributed by atoms with E-state index in [0.717, 1.165) is 11.5 Å². The quantitative estimate of drug-likeness (QED) is 0.505. The third-order valence-corrected chi connectivity index (χ3v) is 2.72. The first-order valence-corrected chi connectivity index (χ1v) is 4.49. The molecule has 0 aromatic carbocycles. The summed E-state index contributed by atoms with van der Waals surface area (Å²) in [6.07, 6.45) is 0. The van der Waals surface area contributed by atoms with Crippen molar-refractivity contribution in [1.82, 2.24) is 5.32 Å². The van der Waals surface area contributed by atoms with E-state index in [-0.39, 0.29) is 18.0 Å². The Balaban J connectivity index is 2.49. The van der Waals surface area contributed by atoms with Gasteiger partial charge in [-0.15, -0.1) is 0 Å². The summed E-state index contributed by atoms with van der Waals surface area (Å²) < 4.78 is 0. The molecule has 1 aliphatic heterocycles. The minimum atomic E-state index is -0.310. The monoisotopic (exact) mass is 160 g/mol. The molecule has 4 heteroatoms. The Morgan fingerprint density at radius 1 is 1.70 bits per heavy atom. The molecule has 1 heterocycles. The number of thioether (sulfide) groups is 1. The van der Waals surface area contributed by atoms with Crippen molar-refractivity contribution >= 4 is 17.7 Å². The van der Waals surface area contributed by atoms with Gasteiger partial charge in [-0.25, -0.2) is 0 Å². The van der Waals surface area contributed by atoms with Gasteiger partial charge in [0.1, 0.15) is 0 Å². The predicted octanol–water partition coefficient (Wildman–Crippen LogP) is -0.435. The maximum Gasteiger partial charge on any atom is 0.238 e. The molecule has 0 aromatic heterocycles. The molecule has 3 nitrogen and oxygen atoms in total. The van der Waals surface area contributed by atoms with Gasteiger partial charge in [-0.05, 0) is 6.92 Å². The maximum absolute atomic E-state index is 11.0. The van der Waals surface area contributed by atoms with E-state index < -0.39 is 0 Å². The molecule has 1 aliphatic rings. The normalized spacial score (nSPS) is 34.8. The number of hydrogen-bond donors (Lipinski definition) is 2. The van der Waals surface area contributed by atoms with Gasteiger partial charge in [0.15, 0.2) is 0 Å². The number of nitrogens with two attached hydrogens (primary N) is 1. The average Bonchev–Trinajstić information content (AvgIpc) is 1.96. The smallest absolute Gasteiger partial charge is 0.238 e. The third kappa shape index (κ3) is 1.88. The molecule has 0 aliphatic carbocycles. The van der Waals surface area contributed by atoms with Crippen molar-refractivity contribution in [3.05, 3.63) is 0 Å². The molecule has 58 valence electrons. The second kappa shape index (κ2) is 3.25. The Morgan fingerprint density at radius 2 is 2.40 bits per heavy atom. The zero-order chi connectivity index (χ0) is 7.56. The fourth-order valence-corrected chi connectivity index (χ4v) is 1.82. The van der Waals surface area contributed by atoms with Crippen molar-refractivity contribution < 1.29 is 4.79 Å². The lowest BCUT2D eigenvalue weighted by atomic mass is 10.3. The molecular weight excluding hydrogens is 148 g/mol. The Morgan fingerprint density at radius 3 is 3.10 bits per heavy atom. The van der Waals surface area contributed by atoms with Gasteiger partial charge in [0.25, 0.3) is 0 Å². The van der Waals surface area contributed by atoms with Gasteiger partial charge in [-0.3, -0.25) is 4.79 Å². The first-order chi connectivity index (χ1) is 4.70. The third-order valence-electron chi connectivity index (χ3n) is 1.39. The summed E-state index contributed by atoms with van der Waals surface area (Å²) in [7, 11) is 0. The van der Waals surface area contributed by atoms with Crippen molar-refractivity contribution in [1.29, 1.82) is 0 Å². The van der Waals surface area contributed by atoms with Crippen molar-refractivity contribution in [3.63, 3.8) is 0 Å². The minimum Gasteiger partial charge on any atom is -0.351 e. The first kappa shape index (κ1) is 7.88. The van der Waals surface area contributed by atoms with Crippen molar-refractivity contribution in [3.8, 4) is 0 Å². The molecule has 1 rings (SSSR count). The first-order valence-electron chi connectivity index (χ1n) is 3.34. The van der Waals surface area contributed by atoms with Crippen LogP contribution in [0.3, 0.4) is 0 Å². The average molecular weight is 160 g/mol. The molecule has 0 spiro atoms. The van der Waals surface area contributed by atoms with Crippen LogP contribution in [-0.4, -0.2) is 29.5 Å². The number of amides is 1. The summed E-state index contributed by atoms with van der Waals surface area (Å²) in [5.41, 5.74) is 5.51. The maximum atomic E-state index is 11.0. The van der Waals surface area contributed by atoms with Crippen molar-refractivity contribution in [2.24, 2.45) is 5.73 Å². The molecule has 0 radical (unpaired) electrons. The molecule has 2 atom stereocenters. The summed E-state index contributed by atoms with van der Waals surface area (Å²) in [5.74, 6) is 1.70. The Hall–Kier alpha value is -0.220. The Kier molecular flexibility index (Phi) is 2.56. The van der Waals surface area contributed by atoms with Gasteiger partial charge < -0.3 is 11.1 Å². The lowest BCUT2D eigenvalue weighted by Gasteiger charge is -2.08. The molecule has 3 N–H and O–H groups in total. The standard InChI is InChI=1S/C6H12N2OS/c1-4-2-10-3-5(7)6(9)8-4/h4-5H,2-3,7H2,1H3,(H,8,9)/t4-,5+/m0/s1. The number of carbonyl (C=O) groups excluding carboxylic acids is 1. The van der Waals surface area contributed by atoms with E-state index in [4.69, 9.17) is 5.73 Å². The predicted molar refractivity (Wildman–Crippen MR) is 42.9 cm³/mol. The van der Waals surface area contributed by atoms with Crippen molar-refractivity contribution in [2.75, 3.05) is 11.5 Å². The molecule has 0 aromatic rings. The highest BCUT2D eigenvalue weighted by Gasteiger charge is 2.19. The Bertz CT molecular complexity index is 140. The van der Waals surface area contributed by atoms with E-state index in [1.165, 1.54) is 0 Å². The van der Waals surface area contributed by atoms with Crippen LogP contribution >= 0.6 is 11.8 Å². The fourth-order valence-electron chi connectivity index (χ4n) is 0.839. The van der Waals surface area contributed by atoms with Crippen LogP contribution in [0.4, 0.5) is 0 Å². The lowest BCUT2D eigenvalue weighted by Crippen LogP contribution is -2.43. The summed E-state index contributed by atoms with van der Waals surface area (Å²) in [5, 5.41) is 2.81. The largest absolute Gasteiger partial charge is 0.351 e. The van der Waals surface area contributed by atoms with Gasteiger partial charge in [-0.1, -0.05) is 0 Å². The molecule has 1 saturated heterocycles. The van der Waals surface area contributed by atoms with Gasteiger partial charge >= 0.3 is 0 Å². The lowest BCUT2D eigenvalue weighted by molar-refractivity contribution is -0.122. The fraction of sp³-hybridized carbons (Fsp3) is 0.833. The molecule has 0 bridgehead atoms. The SMILES string of the molecule is C[C@H]1CSC[C@@H](N)C(=O)N1. The van der Waals surface area contributed by atoms with Crippen LogP contribution in [0.15, 0.2) is 0 Å². The minimum absolute atomic E-state index is 0.0162. The number of hydrogen-bond acceptors (Lipinski definition) is 3.